The molecule has 1 aromatic rings. The van der Waals surface area contributed by atoms with Crippen molar-refractivity contribution < 1.29 is 9.53 Å². The molecule has 1 aliphatic carbocycles. The summed E-state index contributed by atoms with van der Waals surface area (Å²) in [7, 11) is 1.68. The molecule has 1 fully saturated rings. The molecule has 5 heteroatoms. The Balaban J connectivity index is 2.31. The first kappa shape index (κ1) is 12.2. The van der Waals surface area contributed by atoms with Gasteiger partial charge in [0.2, 0.25) is 0 Å². The summed E-state index contributed by atoms with van der Waals surface area (Å²) in [6.07, 6.45) is 5.25. The second-order valence-corrected chi connectivity index (χ2v) is 4.57. The van der Waals surface area contributed by atoms with Gasteiger partial charge in [0.15, 0.2) is 6.29 Å². The molecule has 0 bridgehead atoms. The molecule has 1 unspecified atom stereocenters. The average molecular weight is 237 g/mol. The Morgan fingerprint density at radius 1 is 1.59 bits per heavy atom. The van der Waals surface area contributed by atoms with Gasteiger partial charge in [-0.25, -0.2) is 4.68 Å². The van der Waals surface area contributed by atoms with Crippen LogP contribution < -0.4 is 0 Å². The highest BCUT2D eigenvalue weighted by atomic mass is 16.5. The lowest BCUT2D eigenvalue weighted by Gasteiger charge is -2.28. The SMILES string of the molecule is CCC(COC)n1nnc(C=O)c1C1CCC1. The zero-order chi connectivity index (χ0) is 12.3. The minimum absolute atomic E-state index is 0.178. The number of aldehydes is 1. The van der Waals surface area contributed by atoms with E-state index in [2.05, 4.69) is 17.2 Å². The van der Waals surface area contributed by atoms with E-state index in [9.17, 15) is 4.79 Å². The number of methoxy groups -OCH3 is 1. The van der Waals surface area contributed by atoms with Gasteiger partial charge in [-0.3, -0.25) is 4.79 Å². The standard InChI is InChI=1S/C12H19N3O2/c1-3-10(8-17-2)15-12(9-5-4-6-9)11(7-16)13-14-15/h7,9-10H,3-6,8H2,1-2H3. The Bertz CT molecular complexity index is 385. The van der Waals surface area contributed by atoms with E-state index < -0.39 is 0 Å². The minimum atomic E-state index is 0.178. The van der Waals surface area contributed by atoms with Gasteiger partial charge in [-0.15, -0.1) is 5.10 Å². The van der Waals surface area contributed by atoms with Gasteiger partial charge >= 0.3 is 0 Å². The lowest BCUT2D eigenvalue weighted by molar-refractivity contribution is 0.111. The van der Waals surface area contributed by atoms with E-state index in [0.29, 0.717) is 18.2 Å². The highest BCUT2D eigenvalue weighted by Crippen LogP contribution is 2.38. The molecule has 94 valence electrons. The zero-order valence-corrected chi connectivity index (χ0v) is 10.4. The van der Waals surface area contributed by atoms with Crippen molar-refractivity contribution in [2.75, 3.05) is 13.7 Å². The van der Waals surface area contributed by atoms with Crippen LogP contribution >= 0.6 is 0 Å². The fourth-order valence-corrected chi connectivity index (χ4v) is 2.30. The normalized spacial score (nSPS) is 17.8. The van der Waals surface area contributed by atoms with E-state index in [-0.39, 0.29) is 6.04 Å². The number of nitrogens with zero attached hydrogens (tertiary/aromatic N) is 3. The van der Waals surface area contributed by atoms with E-state index >= 15 is 0 Å². The third-order valence-electron chi connectivity index (χ3n) is 3.54. The van der Waals surface area contributed by atoms with Crippen LogP contribution in [0, 0.1) is 0 Å². The van der Waals surface area contributed by atoms with Crippen LogP contribution in [0.15, 0.2) is 0 Å². The van der Waals surface area contributed by atoms with Gasteiger partial charge in [0.25, 0.3) is 0 Å². The van der Waals surface area contributed by atoms with Crippen LogP contribution in [0.3, 0.4) is 0 Å². The Kier molecular flexibility index (Phi) is 3.89. The molecular weight excluding hydrogens is 218 g/mol. The number of hydrogen-bond acceptors (Lipinski definition) is 4. The molecule has 1 aliphatic rings. The van der Waals surface area contributed by atoms with Crippen LogP contribution in [-0.4, -0.2) is 35.0 Å². The third-order valence-corrected chi connectivity index (χ3v) is 3.54. The van der Waals surface area contributed by atoms with Gasteiger partial charge in [0, 0.05) is 13.0 Å². The number of aromatic nitrogens is 3. The molecule has 0 aromatic carbocycles. The summed E-state index contributed by atoms with van der Waals surface area (Å²) in [4.78, 5) is 11.0. The third kappa shape index (κ3) is 2.24. The fourth-order valence-electron chi connectivity index (χ4n) is 2.30. The number of hydrogen-bond donors (Lipinski definition) is 0. The van der Waals surface area contributed by atoms with Gasteiger partial charge in [0.05, 0.1) is 18.3 Å². The van der Waals surface area contributed by atoms with Crippen LogP contribution in [0.2, 0.25) is 0 Å². The van der Waals surface area contributed by atoms with Crippen LogP contribution in [0.4, 0.5) is 0 Å². The van der Waals surface area contributed by atoms with Crippen molar-refractivity contribution in [3.63, 3.8) is 0 Å². The van der Waals surface area contributed by atoms with Gasteiger partial charge in [-0.1, -0.05) is 18.6 Å². The predicted molar refractivity (Wildman–Crippen MR) is 63.2 cm³/mol. The maximum Gasteiger partial charge on any atom is 0.172 e. The largest absolute Gasteiger partial charge is 0.382 e. The summed E-state index contributed by atoms with van der Waals surface area (Å²) in [5.74, 6) is 0.455. The first-order chi connectivity index (χ1) is 8.31. The summed E-state index contributed by atoms with van der Waals surface area (Å²) in [6.45, 7) is 2.70. The summed E-state index contributed by atoms with van der Waals surface area (Å²) in [5, 5.41) is 8.11. The molecule has 1 saturated carbocycles. The molecule has 0 aliphatic heterocycles. The Morgan fingerprint density at radius 2 is 2.35 bits per heavy atom. The van der Waals surface area contributed by atoms with E-state index in [1.807, 2.05) is 4.68 Å². The van der Waals surface area contributed by atoms with Crippen LogP contribution in [-0.2, 0) is 4.74 Å². The molecule has 5 nitrogen and oxygen atoms in total. The summed E-state index contributed by atoms with van der Waals surface area (Å²) >= 11 is 0. The number of ether oxygens (including phenoxy) is 1. The monoisotopic (exact) mass is 237 g/mol. The second kappa shape index (κ2) is 5.40. The molecule has 1 atom stereocenters. The van der Waals surface area contributed by atoms with E-state index in [4.69, 9.17) is 4.74 Å². The molecule has 1 heterocycles. The predicted octanol–water partition coefficient (Wildman–Crippen LogP) is 1.96. The fraction of sp³-hybridized carbons (Fsp3) is 0.750. The molecular formula is C12H19N3O2. The van der Waals surface area contributed by atoms with Crippen molar-refractivity contribution in [1.82, 2.24) is 15.0 Å². The van der Waals surface area contributed by atoms with Gasteiger partial charge < -0.3 is 4.74 Å². The molecule has 0 radical (unpaired) electrons. The van der Waals surface area contributed by atoms with Crippen molar-refractivity contribution in [2.24, 2.45) is 0 Å². The van der Waals surface area contributed by atoms with Crippen molar-refractivity contribution in [2.45, 2.75) is 44.6 Å². The zero-order valence-electron chi connectivity index (χ0n) is 10.4. The van der Waals surface area contributed by atoms with Crippen molar-refractivity contribution in [3.05, 3.63) is 11.4 Å². The smallest absolute Gasteiger partial charge is 0.172 e. The highest BCUT2D eigenvalue weighted by molar-refractivity contribution is 5.73. The van der Waals surface area contributed by atoms with Gasteiger partial charge in [-0.2, -0.15) is 0 Å². The second-order valence-electron chi connectivity index (χ2n) is 4.57. The maximum atomic E-state index is 11.0. The molecule has 0 N–H and O–H groups in total. The number of carbonyl (C=O) groups excluding carboxylic acids is 1. The van der Waals surface area contributed by atoms with Crippen molar-refractivity contribution >= 4 is 6.29 Å². The average Bonchev–Trinajstić information content (AvgIpc) is 2.67. The van der Waals surface area contributed by atoms with Crippen molar-refractivity contribution in [1.29, 1.82) is 0 Å². The van der Waals surface area contributed by atoms with Crippen LogP contribution in [0.25, 0.3) is 0 Å². The molecule has 0 saturated heterocycles. The number of carbonyl (C=O) groups is 1. The van der Waals surface area contributed by atoms with E-state index in [1.54, 1.807) is 7.11 Å². The molecule has 17 heavy (non-hydrogen) atoms. The Hall–Kier alpha value is -1.23. The summed E-state index contributed by atoms with van der Waals surface area (Å²) < 4.78 is 7.10. The first-order valence-electron chi connectivity index (χ1n) is 6.21. The highest BCUT2D eigenvalue weighted by Gasteiger charge is 2.29. The van der Waals surface area contributed by atoms with E-state index in [0.717, 1.165) is 31.2 Å². The topological polar surface area (TPSA) is 57.0 Å². The molecule has 0 spiro atoms. The minimum Gasteiger partial charge on any atom is -0.382 e. The van der Waals surface area contributed by atoms with Crippen molar-refractivity contribution in [3.8, 4) is 0 Å². The summed E-state index contributed by atoms with van der Waals surface area (Å²) in [5.41, 5.74) is 1.51. The van der Waals surface area contributed by atoms with Crippen LogP contribution in [0.1, 0.15) is 60.7 Å². The lowest BCUT2D eigenvalue weighted by Crippen LogP contribution is -2.22. The lowest BCUT2D eigenvalue weighted by atomic mass is 9.82. The molecule has 1 aromatic heterocycles. The van der Waals surface area contributed by atoms with E-state index in [1.165, 1.54) is 6.42 Å². The maximum absolute atomic E-state index is 11.0. The Morgan fingerprint density at radius 3 is 2.82 bits per heavy atom. The molecule has 0 amide bonds. The Labute approximate surface area is 101 Å². The molecule has 2 rings (SSSR count). The number of rotatable bonds is 6. The van der Waals surface area contributed by atoms with Gasteiger partial charge in [0.1, 0.15) is 5.69 Å². The van der Waals surface area contributed by atoms with Gasteiger partial charge in [-0.05, 0) is 19.3 Å². The summed E-state index contributed by atoms with van der Waals surface area (Å²) in [6, 6.07) is 0.178. The quantitative estimate of drug-likeness (QED) is 0.710. The first-order valence-corrected chi connectivity index (χ1v) is 6.21. The van der Waals surface area contributed by atoms with Crippen LogP contribution in [0.5, 0.6) is 0 Å².